The van der Waals surface area contributed by atoms with Crippen molar-refractivity contribution >= 4 is 22.9 Å². The van der Waals surface area contributed by atoms with E-state index in [-0.39, 0.29) is 5.91 Å². The minimum absolute atomic E-state index is 0.0302. The molecule has 28 heavy (non-hydrogen) atoms. The number of nitrogens with zero attached hydrogens (tertiary/aromatic N) is 1. The molecule has 1 aliphatic rings. The third-order valence-electron chi connectivity index (χ3n) is 5.48. The molecule has 0 spiro atoms. The summed E-state index contributed by atoms with van der Waals surface area (Å²) in [5.41, 5.74) is 5.54. The van der Waals surface area contributed by atoms with Crippen molar-refractivity contribution in [2.45, 2.75) is 51.4 Å². The van der Waals surface area contributed by atoms with Crippen molar-refractivity contribution in [3.63, 3.8) is 0 Å². The highest BCUT2D eigenvalue weighted by atomic mass is 32.1. The Morgan fingerprint density at radius 3 is 2.46 bits per heavy atom. The summed E-state index contributed by atoms with van der Waals surface area (Å²) in [4.78, 5) is 17.0. The van der Waals surface area contributed by atoms with Gasteiger partial charge < -0.3 is 5.32 Å². The monoisotopic (exact) mass is 390 g/mol. The number of hydrogen-bond acceptors (Lipinski definition) is 3. The van der Waals surface area contributed by atoms with Gasteiger partial charge in [-0.05, 0) is 43.4 Å². The fraction of sp³-hybridized carbons (Fsp3) is 0.333. The van der Waals surface area contributed by atoms with Gasteiger partial charge in [0, 0.05) is 16.6 Å². The summed E-state index contributed by atoms with van der Waals surface area (Å²) in [5.74, 6) is 0.691. The van der Waals surface area contributed by atoms with Crippen molar-refractivity contribution in [3.8, 4) is 11.3 Å². The van der Waals surface area contributed by atoms with Gasteiger partial charge in [-0.25, -0.2) is 4.98 Å². The predicted molar refractivity (Wildman–Crippen MR) is 117 cm³/mol. The summed E-state index contributed by atoms with van der Waals surface area (Å²) in [6.07, 6.45) is 7.03. The van der Waals surface area contributed by atoms with Crippen molar-refractivity contribution in [3.05, 3.63) is 70.0 Å². The minimum atomic E-state index is -0.0302. The van der Waals surface area contributed by atoms with E-state index in [1.165, 1.54) is 43.2 Å². The number of anilines is 1. The lowest BCUT2D eigenvalue weighted by atomic mass is 9.84. The standard InChI is InChI=1S/C24H26N2OS/c1-17-7-13-21(14-8-17)25-23(27)15-24-26-22(16-28-24)20-11-9-19(10-12-20)18-5-3-2-4-6-18/h7-14,16,18H,2-6,15H2,1H3,(H,25,27). The molecule has 1 aromatic heterocycles. The first kappa shape index (κ1) is 18.9. The van der Waals surface area contributed by atoms with Crippen LogP contribution in [-0.2, 0) is 11.2 Å². The third-order valence-corrected chi connectivity index (χ3v) is 6.33. The van der Waals surface area contributed by atoms with E-state index in [0.29, 0.717) is 6.42 Å². The van der Waals surface area contributed by atoms with Crippen LogP contribution in [0.1, 0.15) is 54.2 Å². The second-order valence-corrected chi connectivity index (χ2v) is 8.62. The summed E-state index contributed by atoms with van der Waals surface area (Å²) in [6.45, 7) is 2.03. The lowest BCUT2D eigenvalue weighted by molar-refractivity contribution is -0.115. The summed E-state index contributed by atoms with van der Waals surface area (Å²) in [7, 11) is 0. The van der Waals surface area contributed by atoms with Gasteiger partial charge in [-0.2, -0.15) is 0 Å². The summed E-state index contributed by atoms with van der Waals surface area (Å²) < 4.78 is 0. The second kappa shape index (κ2) is 8.70. The number of nitrogens with one attached hydrogen (secondary N) is 1. The van der Waals surface area contributed by atoms with Crippen LogP contribution in [0.2, 0.25) is 0 Å². The molecule has 1 N–H and O–H groups in total. The predicted octanol–water partition coefficient (Wildman–Crippen LogP) is 6.35. The molecular formula is C24H26N2OS. The summed E-state index contributed by atoms with van der Waals surface area (Å²) in [6, 6.07) is 16.7. The Bertz CT molecular complexity index is 922. The number of thiazole rings is 1. The molecule has 1 heterocycles. The minimum Gasteiger partial charge on any atom is -0.326 e. The van der Waals surface area contributed by atoms with Crippen LogP contribution in [0.4, 0.5) is 5.69 Å². The number of hydrogen-bond donors (Lipinski definition) is 1. The SMILES string of the molecule is Cc1ccc(NC(=O)Cc2nc(-c3ccc(C4CCCCC4)cc3)cs2)cc1. The Labute approximate surface area is 170 Å². The van der Waals surface area contributed by atoms with E-state index in [9.17, 15) is 4.79 Å². The zero-order valence-corrected chi connectivity index (χ0v) is 17.1. The molecule has 0 saturated heterocycles. The van der Waals surface area contributed by atoms with E-state index >= 15 is 0 Å². The molecule has 3 aromatic rings. The molecule has 4 rings (SSSR count). The van der Waals surface area contributed by atoms with Gasteiger partial charge in [0.2, 0.25) is 5.91 Å². The van der Waals surface area contributed by atoms with Crippen LogP contribution in [0.25, 0.3) is 11.3 Å². The molecule has 3 nitrogen and oxygen atoms in total. The van der Waals surface area contributed by atoms with E-state index < -0.39 is 0 Å². The van der Waals surface area contributed by atoms with Gasteiger partial charge in [0.1, 0.15) is 5.01 Å². The molecular weight excluding hydrogens is 364 g/mol. The Morgan fingerprint density at radius 1 is 1.04 bits per heavy atom. The highest BCUT2D eigenvalue weighted by Crippen LogP contribution is 2.33. The second-order valence-electron chi connectivity index (χ2n) is 7.67. The van der Waals surface area contributed by atoms with Crippen LogP contribution in [0.5, 0.6) is 0 Å². The van der Waals surface area contributed by atoms with Crippen LogP contribution in [0, 0.1) is 6.92 Å². The topological polar surface area (TPSA) is 42.0 Å². The van der Waals surface area contributed by atoms with Crippen molar-refractivity contribution < 1.29 is 4.79 Å². The lowest BCUT2D eigenvalue weighted by Gasteiger charge is -2.22. The molecule has 0 radical (unpaired) electrons. The molecule has 4 heteroatoms. The van der Waals surface area contributed by atoms with Crippen molar-refractivity contribution in [1.29, 1.82) is 0 Å². The lowest BCUT2D eigenvalue weighted by Crippen LogP contribution is -2.14. The normalized spacial score (nSPS) is 14.8. The van der Waals surface area contributed by atoms with Gasteiger partial charge >= 0.3 is 0 Å². The fourth-order valence-corrected chi connectivity index (χ4v) is 4.67. The largest absolute Gasteiger partial charge is 0.326 e. The first-order valence-corrected chi connectivity index (χ1v) is 11.0. The number of carbonyl (C=O) groups is 1. The molecule has 1 fully saturated rings. The number of amides is 1. The van der Waals surface area contributed by atoms with Gasteiger partial charge in [-0.3, -0.25) is 4.79 Å². The molecule has 1 saturated carbocycles. The van der Waals surface area contributed by atoms with Crippen LogP contribution < -0.4 is 5.32 Å². The van der Waals surface area contributed by atoms with Gasteiger partial charge in [0.15, 0.2) is 0 Å². The number of rotatable bonds is 5. The molecule has 0 unspecified atom stereocenters. The molecule has 0 aliphatic heterocycles. The first-order chi connectivity index (χ1) is 13.7. The summed E-state index contributed by atoms with van der Waals surface area (Å²) >= 11 is 1.55. The fourth-order valence-electron chi connectivity index (χ4n) is 3.87. The van der Waals surface area contributed by atoms with E-state index in [0.717, 1.165) is 27.9 Å². The van der Waals surface area contributed by atoms with Gasteiger partial charge in [0.05, 0.1) is 12.1 Å². The maximum Gasteiger partial charge on any atom is 0.231 e. The molecule has 1 aliphatic carbocycles. The van der Waals surface area contributed by atoms with Crippen molar-refractivity contribution in [2.24, 2.45) is 0 Å². The Hall–Kier alpha value is -2.46. The van der Waals surface area contributed by atoms with Crippen molar-refractivity contribution in [2.75, 3.05) is 5.32 Å². The average Bonchev–Trinajstić information content (AvgIpc) is 3.19. The quantitative estimate of drug-likeness (QED) is 0.552. The zero-order chi connectivity index (χ0) is 19.3. The Balaban J connectivity index is 1.38. The Kier molecular flexibility index (Phi) is 5.87. The summed E-state index contributed by atoms with van der Waals surface area (Å²) in [5, 5.41) is 5.83. The molecule has 144 valence electrons. The van der Waals surface area contributed by atoms with Gasteiger partial charge in [-0.15, -0.1) is 11.3 Å². The smallest absolute Gasteiger partial charge is 0.231 e. The van der Waals surface area contributed by atoms with Crippen molar-refractivity contribution in [1.82, 2.24) is 4.98 Å². The molecule has 0 atom stereocenters. The maximum absolute atomic E-state index is 12.3. The highest BCUT2D eigenvalue weighted by molar-refractivity contribution is 7.10. The first-order valence-electron chi connectivity index (χ1n) is 10.1. The van der Waals surface area contributed by atoms with E-state index in [4.69, 9.17) is 0 Å². The molecule has 0 bridgehead atoms. The van der Waals surface area contributed by atoms with E-state index in [1.807, 2.05) is 36.6 Å². The highest BCUT2D eigenvalue weighted by Gasteiger charge is 2.16. The van der Waals surface area contributed by atoms with Gasteiger partial charge in [0.25, 0.3) is 0 Å². The number of carbonyl (C=O) groups excluding carboxylic acids is 1. The number of benzene rings is 2. The van der Waals surface area contributed by atoms with Crippen LogP contribution in [-0.4, -0.2) is 10.9 Å². The molecule has 2 aromatic carbocycles. The van der Waals surface area contributed by atoms with E-state index in [1.54, 1.807) is 11.3 Å². The van der Waals surface area contributed by atoms with Crippen LogP contribution >= 0.6 is 11.3 Å². The third kappa shape index (κ3) is 4.68. The Morgan fingerprint density at radius 2 is 1.75 bits per heavy atom. The maximum atomic E-state index is 12.3. The van der Waals surface area contributed by atoms with Crippen LogP contribution in [0.15, 0.2) is 53.9 Å². The number of aryl methyl sites for hydroxylation is 1. The van der Waals surface area contributed by atoms with Crippen LogP contribution in [0.3, 0.4) is 0 Å². The average molecular weight is 391 g/mol. The molecule has 1 amide bonds. The number of aromatic nitrogens is 1. The van der Waals surface area contributed by atoms with E-state index in [2.05, 4.69) is 34.6 Å². The van der Waals surface area contributed by atoms with Gasteiger partial charge in [-0.1, -0.05) is 61.2 Å². The zero-order valence-electron chi connectivity index (χ0n) is 16.3.